The van der Waals surface area contributed by atoms with Crippen molar-refractivity contribution in [2.24, 2.45) is 0 Å². The molecule has 1 saturated heterocycles. The van der Waals surface area contributed by atoms with Gasteiger partial charge in [0.05, 0.1) is 19.3 Å². The van der Waals surface area contributed by atoms with Gasteiger partial charge in [-0.3, -0.25) is 4.90 Å². The Labute approximate surface area is 135 Å². The lowest BCUT2D eigenvalue weighted by Gasteiger charge is -2.31. The first-order valence-electron chi connectivity index (χ1n) is 8.13. The van der Waals surface area contributed by atoms with Crippen LogP contribution in [0.5, 0.6) is 0 Å². The fourth-order valence-electron chi connectivity index (χ4n) is 2.80. The molecule has 3 rings (SSSR count). The van der Waals surface area contributed by atoms with Crippen LogP contribution in [0.3, 0.4) is 0 Å². The maximum Gasteiger partial charge on any atom is 0.230 e. The fourth-order valence-corrected chi connectivity index (χ4v) is 2.80. The number of hydrogen-bond acceptors (Lipinski definition) is 5. The number of nitrogens with zero attached hydrogens (tertiary/aromatic N) is 3. The quantitative estimate of drug-likeness (QED) is 0.819. The van der Waals surface area contributed by atoms with Gasteiger partial charge >= 0.3 is 0 Å². The Morgan fingerprint density at radius 1 is 1.30 bits per heavy atom. The van der Waals surface area contributed by atoms with Gasteiger partial charge in [-0.05, 0) is 25.5 Å². The number of aromatic nitrogens is 2. The molecule has 1 aromatic carbocycles. The van der Waals surface area contributed by atoms with Gasteiger partial charge in [-0.15, -0.1) is 10.2 Å². The van der Waals surface area contributed by atoms with Crippen LogP contribution in [0.25, 0.3) is 0 Å². The number of likely N-dealkylation sites (tertiary alicyclic amines) is 1. The van der Waals surface area contributed by atoms with Gasteiger partial charge in [0, 0.05) is 18.5 Å². The molecule has 1 aliphatic heterocycles. The average Bonchev–Trinajstić information content (AvgIpc) is 3.02. The van der Waals surface area contributed by atoms with Gasteiger partial charge in [-0.1, -0.05) is 25.1 Å². The predicted molar refractivity (Wildman–Crippen MR) is 83.2 cm³/mol. The molecule has 6 heteroatoms. The molecule has 0 aliphatic carbocycles. The Morgan fingerprint density at radius 3 is 2.91 bits per heavy atom. The molecular formula is C17H22FN3O2. The number of halogens is 1. The maximum absolute atomic E-state index is 13.6. The van der Waals surface area contributed by atoms with Gasteiger partial charge in [0.2, 0.25) is 11.8 Å². The van der Waals surface area contributed by atoms with E-state index in [0.717, 1.165) is 32.4 Å². The smallest absolute Gasteiger partial charge is 0.230 e. The third-order valence-corrected chi connectivity index (χ3v) is 4.06. The number of rotatable bonds is 6. The Bertz CT molecular complexity index is 632. The molecule has 1 aromatic heterocycles. The highest BCUT2D eigenvalue weighted by atomic mass is 19.1. The summed E-state index contributed by atoms with van der Waals surface area (Å²) in [5.74, 6) is 1.11. The van der Waals surface area contributed by atoms with Gasteiger partial charge in [0.1, 0.15) is 5.82 Å². The molecule has 1 atom stereocenters. The van der Waals surface area contributed by atoms with Crippen LogP contribution in [0.2, 0.25) is 0 Å². The van der Waals surface area contributed by atoms with Crippen molar-refractivity contribution in [1.29, 1.82) is 0 Å². The van der Waals surface area contributed by atoms with Crippen molar-refractivity contribution in [3.63, 3.8) is 0 Å². The van der Waals surface area contributed by atoms with Gasteiger partial charge in [0.25, 0.3) is 0 Å². The number of ether oxygens (including phenoxy) is 1. The zero-order valence-corrected chi connectivity index (χ0v) is 13.4. The van der Waals surface area contributed by atoms with E-state index in [0.29, 0.717) is 30.5 Å². The van der Waals surface area contributed by atoms with E-state index in [4.69, 9.17) is 9.15 Å². The van der Waals surface area contributed by atoms with E-state index in [-0.39, 0.29) is 11.9 Å². The van der Waals surface area contributed by atoms with E-state index in [1.807, 2.05) is 13.0 Å². The molecule has 0 unspecified atom stereocenters. The van der Waals surface area contributed by atoms with E-state index in [1.165, 1.54) is 6.07 Å². The van der Waals surface area contributed by atoms with Crippen LogP contribution in [0.4, 0.5) is 4.39 Å². The average molecular weight is 319 g/mol. The number of piperidine rings is 1. The number of hydrogen-bond donors (Lipinski definition) is 0. The summed E-state index contributed by atoms with van der Waals surface area (Å²) in [4.78, 5) is 2.25. The first-order chi connectivity index (χ1) is 11.2. The topological polar surface area (TPSA) is 51.4 Å². The molecular weight excluding hydrogens is 297 g/mol. The number of benzene rings is 1. The van der Waals surface area contributed by atoms with E-state index in [2.05, 4.69) is 15.1 Å². The highest BCUT2D eigenvalue weighted by Gasteiger charge is 2.22. The fraction of sp³-hybridized carbons (Fsp3) is 0.529. The van der Waals surface area contributed by atoms with Crippen molar-refractivity contribution in [2.45, 2.75) is 45.4 Å². The van der Waals surface area contributed by atoms with E-state index < -0.39 is 0 Å². The molecule has 0 amide bonds. The van der Waals surface area contributed by atoms with E-state index in [1.54, 1.807) is 12.1 Å². The monoisotopic (exact) mass is 319 g/mol. The third kappa shape index (κ3) is 4.36. The molecule has 2 aromatic rings. The third-order valence-electron chi connectivity index (χ3n) is 4.06. The van der Waals surface area contributed by atoms with Crippen LogP contribution in [-0.2, 0) is 24.3 Å². The molecule has 0 N–H and O–H groups in total. The lowest BCUT2D eigenvalue weighted by Crippen LogP contribution is -2.39. The van der Waals surface area contributed by atoms with Crippen LogP contribution in [0.15, 0.2) is 28.7 Å². The summed E-state index contributed by atoms with van der Waals surface area (Å²) in [6, 6.07) is 6.75. The zero-order chi connectivity index (χ0) is 16.1. The van der Waals surface area contributed by atoms with Crippen LogP contribution >= 0.6 is 0 Å². The molecule has 0 spiro atoms. The highest BCUT2D eigenvalue weighted by Crippen LogP contribution is 2.18. The Morgan fingerprint density at radius 2 is 2.13 bits per heavy atom. The van der Waals surface area contributed by atoms with Crippen LogP contribution in [0.1, 0.15) is 37.1 Å². The first kappa shape index (κ1) is 16.1. The molecule has 124 valence electrons. The Hall–Kier alpha value is -1.79. The summed E-state index contributed by atoms with van der Waals surface area (Å²) in [5, 5.41) is 8.05. The summed E-state index contributed by atoms with van der Waals surface area (Å²) < 4.78 is 25.1. The molecule has 1 aliphatic rings. The SMILES string of the molecule is CCc1nnc(CN2CCC[C@H](OCc3ccccc3F)C2)o1. The van der Waals surface area contributed by atoms with Crippen molar-refractivity contribution in [2.75, 3.05) is 13.1 Å². The summed E-state index contributed by atoms with van der Waals surface area (Å²) in [6.45, 7) is 4.74. The molecule has 0 radical (unpaired) electrons. The molecule has 5 nitrogen and oxygen atoms in total. The minimum atomic E-state index is -0.210. The van der Waals surface area contributed by atoms with Crippen molar-refractivity contribution < 1.29 is 13.5 Å². The summed E-state index contributed by atoms with van der Waals surface area (Å²) in [7, 11) is 0. The first-order valence-corrected chi connectivity index (χ1v) is 8.13. The largest absolute Gasteiger partial charge is 0.424 e. The van der Waals surface area contributed by atoms with Gasteiger partial charge < -0.3 is 9.15 Å². The second kappa shape index (κ2) is 7.66. The Kier molecular flexibility index (Phi) is 5.35. The summed E-state index contributed by atoms with van der Waals surface area (Å²) in [5.41, 5.74) is 0.606. The molecule has 0 bridgehead atoms. The summed E-state index contributed by atoms with van der Waals surface area (Å²) >= 11 is 0. The second-order valence-electron chi connectivity index (χ2n) is 5.84. The van der Waals surface area contributed by atoms with Gasteiger partial charge in [0.15, 0.2) is 0 Å². The van der Waals surface area contributed by atoms with E-state index in [9.17, 15) is 4.39 Å². The second-order valence-corrected chi connectivity index (χ2v) is 5.84. The summed E-state index contributed by atoms with van der Waals surface area (Å²) in [6.07, 6.45) is 2.91. The molecule has 1 fully saturated rings. The van der Waals surface area contributed by atoms with Crippen molar-refractivity contribution in [3.05, 3.63) is 47.4 Å². The standard InChI is InChI=1S/C17H22FN3O2/c1-2-16-19-20-17(23-16)11-21-9-5-7-14(10-21)22-12-13-6-3-4-8-15(13)18/h3-4,6,8,14H,2,5,7,9-12H2,1H3/t14-/m0/s1. The predicted octanol–water partition coefficient (Wildman–Crippen LogP) is 2.95. The van der Waals surface area contributed by atoms with Crippen LogP contribution < -0.4 is 0 Å². The normalized spacial score (nSPS) is 19.1. The van der Waals surface area contributed by atoms with E-state index >= 15 is 0 Å². The minimum absolute atomic E-state index is 0.108. The van der Waals surface area contributed by atoms with Crippen molar-refractivity contribution in [3.8, 4) is 0 Å². The number of aryl methyl sites for hydroxylation is 1. The molecule has 2 heterocycles. The van der Waals surface area contributed by atoms with Crippen molar-refractivity contribution >= 4 is 0 Å². The van der Waals surface area contributed by atoms with Gasteiger partial charge in [-0.25, -0.2) is 4.39 Å². The molecule has 0 saturated carbocycles. The maximum atomic E-state index is 13.6. The lowest BCUT2D eigenvalue weighted by atomic mass is 10.1. The van der Waals surface area contributed by atoms with Gasteiger partial charge in [-0.2, -0.15) is 0 Å². The van der Waals surface area contributed by atoms with Crippen LogP contribution in [0, 0.1) is 5.82 Å². The molecule has 23 heavy (non-hydrogen) atoms. The Balaban J connectivity index is 1.51. The highest BCUT2D eigenvalue weighted by molar-refractivity contribution is 5.16. The lowest BCUT2D eigenvalue weighted by molar-refractivity contribution is -0.0147. The zero-order valence-electron chi connectivity index (χ0n) is 13.4. The van der Waals surface area contributed by atoms with Crippen LogP contribution in [-0.4, -0.2) is 34.3 Å². The minimum Gasteiger partial charge on any atom is -0.424 e. The van der Waals surface area contributed by atoms with Crippen molar-refractivity contribution in [1.82, 2.24) is 15.1 Å².